The minimum absolute atomic E-state index is 0.0515. The molecule has 0 unspecified atom stereocenters. The minimum atomic E-state index is -4.63. The van der Waals surface area contributed by atoms with E-state index in [1.165, 1.54) is 5.57 Å². The molecule has 0 spiro atoms. The Kier molecular flexibility index (Phi) is 7.99. The lowest BCUT2D eigenvalue weighted by Crippen LogP contribution is -2.33. The van der Waals surface area contributed by atoms with E-state index < -0.39 is 21.8 Å². The van der Waals surface area contributed by atoms with E-state index in [-0.39, 0.29) is 36.0 Å². The number of allylic oxidation sites excluding steroid dienone is 1. The first-order valence-corrected chi connectivity index (χ1v) is 11.5. The first-order chi connectivity index (χ1) is 13.5. The van der Waals surface area contributed by atoms with Gasteiger partial charge in [-0.05, 0) is 50.3 Å². The number of amides is 1. The van der Waals surface area contributed by atoms with Gasteiger partial charge in [0, 0.05) is 19.5 Å². The number of nitrogens with one attached hydrogen (secondary N) is 1. The fourth-order valence-electron chi connectivity index (χ4n) is 3.09. The molecule has 1 amide bonds. The van der Waals surface area contributed by atoms with Gasteiger partial charge in [-0.15, -0.1) is 0 Å². The third-order valence-corrected chi connectivity index (χ3v) is 6.10. The number of benzene rings is 1. The summed E-state index contributed by atoms with van der Waals surface area (Å²) in [5, 5.41) is 2.68. The van der Waals surface area contributed by atoms with Crippen LogP contribution in [0.25, 0.3) is 0 Å². The summed E-state index contributed by atoms with van der Waals surface area (Å²) in [7, 11) is -3.89. The summed E-state index contributed by atoms with van der Waals surface area (Å²) in [4.78, 5) is 12.0. The maximum Gasteiger partial charge on any atom is 0.416 e. The van der Waals surface area contributed by atoms with Gasteiger partial charge in [0.25, 0.3) is 0 Å². The number of rotatable bonds is 8. The molecule has 10 heteroatoms. The molecule has 0 saturated heterocycles. The van der Waals surface area contributed by atoms with Crippen molar-refractivity contribution in [3.8, 4) is 0 Å². The van der Waals surface area contributed by atoms with Crippen LogP contribution in [0.5, 0.6) is 0 Å². The van der Waals surface area contributed by atoms with E-state index in [9.17, 15) is 26.4 Å². The van der Waals surface area contributed by atoms with Crippen molar-refractivity contribution in [3.05, 3.63) is 40.4 Å². The second-order valence-electron chi connectivity index (χ2n) is 6.99. The SMILES string of the molecule is CS(=O)(=O)N(CCCC(=O)NCC1=CCCCC1)c1cc(C(F)(F)F)ccc1Cl. The van der Waals surface area contributed by atoms with Gasteiger partial charge >= 0.3 is 6.18 Å². The van der Waals surface area contributed by atoms with Crippen LogP contribution < -0.4 is 9.62 Å². The zero-order valence-electron chi connectivity index (χ0n) is 16.1. The molecule has 0 heterocycles. The lowest BCUT2D eigenvalue weighted by atomic mass is 10.00. The van der Waals surface area contributed by atoms with Crippen LogP contribution in [-0.2, 0) is 21.0 Å². The Balaban J connectivity index is 2.01. The predicted molar refractivity (Wildman–Crippen MR) is 107 cm³/mol. The van der Waals surface area contributed by atoms with Crippen molar-refractivity contribution in [3.63, 3.8) is 0 Å². The van der Waals surface area contributed by atoms with E-state index in [0.717, 1.165) is 48.4 Å². The normalized spacial score (nSPS) is 15.0. The first-order valence-electron chi connectivity index (χ1n) is 9.27. The molecule has 5 nitrogen and oxygen atoms in total. The molecule has 162 valence electrons. The van der Waals surface area contributed by atoms with Crippen molar-refractivity contribution in [2.75, 3.05) is 23.7 Å². The number of anilines is 1. The second kappa shape index (κ2) is 9.84. The van der Waals surface area contributed by atoms with E-state index >= 15 is 0 Å². The number of hydrogen-bond donors (Lipinski definition) is 1. The number of hydrogen-bond acceptors (Lipinski definition) is 3. The Hall–Kier alpha value is -1.74. The van der Waals surface area contributed by atoms with Crippen LogP contribution >= 0.6 is 11.6 Å². The van der Waals surface area contributed by atoms with Crippen LogP contribution in [0, 0.1) is 0 Å². The Labute approximate surface area is 174 Å². The molecular formula is C19H24ClF3N2O3S. The molecule has 29 heavy (non-hydrogen) atoms. The molecule has 1 aromatic rings. The van der Waals surface area contributed by atoms with Gasteiger partial charge in [-0.25, -0.2) is 8.42 Å². The van der Waals surface area contributed by atoms with E-state index in [1.807, 2.05) is 0 Å². The molecule has 0 aliphatic heterocycles. The maximum atomic E-state index is 13.0. The van der Waals surface area contributed by atoms with E-state index in [1.54, 1.807) is 0 Å². The largest absolute Gasteiger partial charge is 0.416 e. The first kappa shape index (κ1) is 23.5. The van der Waals surface area contributed by atoms with Gasteiger partial charge in [-0.1, -0.05) is 23.3 Å². The Morgan fingerprint density at radius 3 is 2.59 bits per heavy atom. The van der Waals surface area contributed by atoms with Crippen LogP contribution in [0.15, 0.2) is 29.8 Å². The van der Waals surface area contributed by atoms with Gasteiger partial charge in [0.1, 0.15) is 0 Å². The fourth-order valence-corrected chi connectivity index (χ4v) is 4.33. The van der Waals surface area contributed by atoms with Crippen molar-refractivity contribution < 1.29 is 26.4 Å². The van der Waals surface area contributed by atoms with E-state index in [0.29, 0.717) is 12.6 Å². The average Bonchev–Trinajstić information content (AvgIpc) is 2.63. The van der Waals surface area contributed by atoms with Crippen LogP contribution in [0.3, 0.4) is 0 Å². The van der Waals surface area contributed by atoms with Gasteiger partial charge in [0.2, 0.25) is 15.9 Å². The summed E-state index contributed by atoms with van der Waals surface area (Å²) >= 11 is 5.97. The number of alkyl halides is 3. The molecule has 0 aromatic heterocycles. The number of carbonyl (C=O) groups is 1. The third-order valence-electron chi connectivity index (χ3n) is 4.61. The molecule has 1 aliphatic rings. The summed E-state index contributed by atoms with van der Waals surface area (Å²) in [6, 6.07) is 2.52. The zero-order chi connectivity index (χ0) is 21.7. The monoisotopic (exact) mass is 452 g/mol. The summed E-state index contributed by atoms with van der Waals surface area (Å²) < 4.78 is 64.0. The van der Waals surface area contributed by atoms with Crippen molar-refractivity contribution in [2.24, 2.45) is 0 Å². The predicted octanol–water partition coefficient (Wildman–Crippen LogP) is 4.52. The topological polar surface area (TPSA) is 66.5 Å². The smallest absolute Gasteiger partial charge is 0.352 e. The Morgan fingerprint density at radius 2 is 2.00 bits per heavy atom. The van der Waals surface area contributed by atoms with Crippen molar-refractivity contribution in [1.82, 2.24) is 5.32 Å². The number of nitrogens with zero attached hydrogens (tertiary/aromatic N) is 1. The minimum Gasteiger partial charge on any atom is -0.352 e. The van der Waals surface area contributed by atoms with Gasteiger partial charge < -0.3 is 5.32 Å². The summed E-state index contributed by atoms with van der Waals surface area (Å²) in [5.74, 6) is -0.236. The molecule has 0 radical (unpaired) electrons. The molecule has 0 bridgehead atoms. The molecule has 1 aromatic carbocycles. The highest BCUT2D eigenvalue weighted by Gasteiger charge is 2.32. The maximum absolute atomic E-state index is 13.0. The molecular weight excluding hydrogens is 429 g/mol. The number of carbonyl (C=O) groups excluding carboxylic acids is 1. The average molecular weight is 453 g/mol. The highest BCUT2D eigenvalue weighted by Crippen LogP contribution is 2.36. The van der Waals surface area contributed by atoms with Crippen molar-refractivity contribution >= 4 is 33.2 Å². The van der Waals surface area contributed by atoms with Crippen molar-refractivity contribution in [1.29, 1.82) is 0 Å². The summed E-state index contributed by atoms with van der Waals surface area (Å²) in [6.07, 6.45) is 2.78. The molecule has 1 N–H and O–H groups in total. The Morgan fingerprint density at radius 1 is 1.28 bits per heavy atom. The second-order valence-corrected chi connectivity index (χ2v) is 9.30. The van der Waals surface area contributed by atoms with Gasteiger partial charge in [-0.2, -0.15) is 13.2 Å². The quantitative estimate of drug-likeness (QED) is 0.589. The highest BCUT2D eigenvalue weighted by molar-refractivity contribution is 7.92. The van der Waals surface area contributed by atoms with E-state index in [2.05, 4.69) is 11.4 Å². The van der Waals surface area contributed by atoms with Gasteiger partial charge in [0.05, 0.1) is 22.5 Å². The summed E-state index contributed by atoms with van der Waals surface area (Å²) in [6.45, 7) is 0.310. The molecule has 1 aliphatic carbocycles. The van der Waals surface area contributed by atoms with Crippen LogP contribution in [0.1, 0.15) is 44.1 Å². The Bertz CT molecular complexity index is 870. The van der Waals surface area contributed by atoms with Crippen molar-refractivity contribution in [2.45, 2.75) is 44.7 Å². The van der Waals surface area contributed by atoms with E-state index in [4.69, 9.17) is 11.6 Å². The fraction of sp³-hybridized carbons (Fsp3) is 0.526. The summed E-state index contributed by atoms with van der Waals surface area (Å²) in [5.41, 5.74) is -0.0704. The number of halogens is 4. The zero-order valence-corrected chi connectivity index (χ0v) is 17.6. The molecule has 0 fully saturated rings. The standard InChI is InChI=1S/C19H24ClF3N2O3S/c1-29(27,28)25(17-12-15(19(21,22)23)9-10-16(17)20)11-5-8-18(26)24-13-14-6-3-2-4-7-14/h6,9-10,12H,2-5,7-8,11,13H2,1H3,(H,24,26). The molecule has 0 saturated carbocycles. The lowest BCUT2D eigenvalue weighted by molar-refractivity contribution is -0.137. The lowest BCUT2D eigenvalue weighted by Gasteiger charge is -2.24. The van der Waals surface area contributed by atoms with Gasteiger partial charge in [0.15, 0.2) is 0 Å². The van der Waals surface area contributed by atoms with Crippen LogP contribution in [-0.4, -0.2) is 33.7 Å². The molecule has 0 atom stereocenters. The number of sulfonamides is 1. The highest BCUT2D eigenvalue weighted by atomic mass is 35.5. The van der Waals surface area contributed by atoms with Crippen LogP contribution in [0.4, 0.5) is 18.9 Å². The molecule has 2 rings (SSSR count). The van der Waals surface area contributed by atoms with Crippen LogP contribution in [0.2, 0.25) is 5.02 Å². The van der Waals surface area contributed by atoms with Gasteiger partial charge in [-0.3, -0.25) is 9.10 Å². The third kappa shape index (κ3) is 7.22.